The minimum absolute atomic E-state index is 0.0613. The predicted molar refractivity (Wildman–Crippen MR) is 95.7 cm³/mol. The van der Waals surface area contributed by atoms with Crippen LogP contribution in [0.3, 0.4) is 0 Å². The Balaban J connectivity index is 1.86. The number of nitrogens with zero attached hydrogens (tertiary/aromatic N) is 1. The summed E-state index contributed by atoms with van der Waals surface area (Å²) in [6, 6.07) is 7.21. The third-order valence-electron chi connectivity index (χ3n) is 4.64. The molecule has 1 atom stereocenters. The lowest BCUT2D eigenvalue weighted by molar-refractivity contribution is -0.125. The van der Waals surface area contributed by atoms with Crippen LogP contribution >= 0.6 is 0 Å². The van der Waals surface area contributed by atoms with E-state index in [2.05, 4.69) is 5.32 Å². The Hall–Kier alpha value is -1.88. The third-order valence-corrected chi connectivity index (χ3v) is 4.64. The van der Waals surface area contributed by atoms with Gasteiger partial charge < -0.3 is 16.0 Å². The SMILES string of the molecule is Cc1ccc(C(=O)N2CCC(NC(=O)[C@@H](N)C(C)(C)C)CC2)cc1. The van der Waals surface area contributed by atoms with E-state index in [4.69, 9.17) is 5.73 Å². The fourth-order valence-electron chi connectivity index (χ4n) is 2.79. The third kappa shape index (κ3) is 4.57. The average Bonchev–Trinajstić information content (AvgIpc) is 2.54. The summed E-state index contributed by atoms with van der Waals surface area (Å²) in [5, 5.41) is 3.03. The lowest BCUT2D eigenvalue weighted by Gasteiger charge is -2.34. The molecule has 0 bridgehead atoms. The summed E-state index contributed by atoms with van der Waals surface area (Å²) >= 11 is 0. The Morgan fingerprint density at radius 3 is 2.21 bits per heavy atom. The molecule has 1 aromatic carbocycles. The molecule has 1 heterocycles. The smallest absolute Gasteiger partial charge is 0.253 e. The van der Waals surface area contributed by atoms with Crippen LogP contribution in [0.15, 0.2) is 24.3 Å². The highest BCUT2D eigenvalue weighted by atomic mass is 16.2. The summed E-state index contributed by atoms with van der Waals surface area (Å²) in [6.45, 7) is 9.19. The molecule has 0 aromatic heterocycles. The van der Waals surface area contributed by atoms with Crippen molar-refractivity contribution in [3.8, 4) is 0 Å². The number of benzene rings is 1. The summed E-state index contributed by atoms with van der Waals surface area (Å²) in [7, 11) is 0. The number of carbonyl (C=O) groups is 2. The van der Waals surface area contributed by atoms with E-state index in [-0.39, 0.29) is 23.3 Å². The number of rotatable bonds is 3. The maximum Gasteiger partial charge on any atom is 0.253 e. The Morgan fingerprint density at radius 1 is 1.17 bits per heavy atom. The number of nitrogens with two attached hydrogens (primary N) is 1. The molecule has 0 unspecified atom stereocenters. The van der Waals surface area contributed by atoms with Gasteiger partial charge in [0.05, 0.1) is 6.04 Å². The van der Waals surface area contributed by atoms with Crippen LogP contribution in [0.2, 0.25) is 0 Å². The minimum Gasteiger partial charge on any atom is -0.352 e. The molecule has 1 aliphatic rings. The van der Waals surface area contributed by atoms with Crippen molar-refractivity contribution in [3.05, 3.63) is 35.4 Å². The first-order valence-corrected chi connectivity index (χ1v) is 8.60. The van der Waals surface area contributed by atoms with Crippen LogP contribution in [0.25, 0.3) is 0 Å². The van der Waals surface area contributed by atoms with Gasteiger partial charge in [0, 0.05) is 24.7 Å². The van der Waals surface area contributed by atoms with Crippen molar-refractivity contribution in [2.45, 2.75) is 52.6 Å². The predicted octanol–water partition coefficient (Wildman–Crippen LogP) is 2.09. The van der Waals surface area contributed by atoms with E-state index in [0.717, 1.165) is 24.0 Å². The number of hydrogen-bond acceptors (Lipinski definition) is 3. The molecule has 2 amide bonds. The standard InChI is InChI=1S/C19H29N3O2/c1-13-5-7-14(8-6-13)18(24)22-11-9-15(10-12-22)21-17(23)16(20)19(2,3)4/h5-8,15-16H,9-12,20H2,1-4H3,(H,21,23)/t16-/m1/s1. The first-order chi connectivity index (χ1) is 11.2. The van der Waals surface area contributed by atoms with Gasteiger partial charge in [-0.1, -0.05) is 38.5 Å². The summed E-state index contributed by atoms with van der Waals surface area (Å²) in [4.78, 5) is 26.6. The lowest BCUT2D eigenvalue weighted by atomic mass is 9.86. The van der Waals surface area contributed by atoms with Crippen molar-refractivity contribution in [2.24, 2.45) is 11.1 Å². The van der Waals surface area contributed by atoms with E-state index >= 15 is 0 Å². The monoisotopic (exact) mass is 331 g/mol. The molecule has 1 saturated heterocycles. The zero-order chi connectivity index (χ0) is 17.9. The summed E-state index contributed by atoms with van der Waals surface area (Å²) in [6.07, 6.45) is 1.53. The van der Waals surface area contributed by atoms with Gasteiger partial charge in [-0.25, -0.2) is 0 Å². The Bertz CT molecular complexity index is 582. The van der Waals surface area contributed by atoms with Gasteiger partial charge in [-0.2, -0.15) is 0 Å². The molecular formula is C19H29N3O2. The molecule has 1 aliphatic heterocycles. The largest absolute Gasteiger partial charge is 0.352 e. The molecule has 0 radical (unpaired) electrons. The number of likely N-dealkylation sites (tertiary alicyclic amines) is 1. The maximum atomic E-state index is 12.5. The number of carbonyl (C=O) groups excluding carboxylic acids is 2. The van der Waals surface area contributed by atoms with Crippen LogP contribution in [0, 0.1) is 12.3 Å². The molecule has 1 aromatic rings. The first kappa shape index (κ1) is 18.5. The van der Waals surface area contributed by atoms with Crippen LogP contribution in [-0.2, 0) is 4.79 Å². The van der Waals surface area contributed by atoms with Gasteiger partial charge in [-0.05, 0) is 37.3 Å². The molecule has 5 heteroatoms. The minimum atomic E-state index is -0.523. The van der Waals surface area contributed by atoms with Crippen molar-refractivity contribution in [3.63, 3.8) is 0 Å². The van der Waals surface area contributed by atoms with Crippen molar-refractivity contribution < 1.29 is 9.59 Å². The van der Waals surface area contributed by atoms with Crippen LogP contribution in [0.5, 0.6) is 0 Å². The van der Waals surface area contributed by atoms with E-state index in [0.29, 0.717) is 13.1 Å². The van der Waals surface area contributed by atoms with Gasteiger partial charge in [0.15, 0.2) is 0 Å². The maximum absolute atomic E-state index is 12.5. The van der Waals surface area contributed by atoms with E-state index in [1.807, 2.05) is 56.9 Å². The topological polar surface area (TPSA) is 75.4 Å². The molecule has 24 heavy (non-hydrogen) atoms. The summed E-state index contributed by atoms with van der Waals surface area (Å²) in [5.41, 5.74) is 7.60. The molecule has 5 nitrogen and oxygen atoms in total. The van der Waals surface area contributed by atoms with Crippen LogP contribution in [-0.4, -0.2) is 41.9 Å². The van der Waals surface area contributed by atoms with Crippen LogP contribution in [0.4, 0.5) is 0 Å². The van der Waals surface area contributed by atoms with E-state index < -0.39 is 6.04 Å². The van der Waals surface area contributed by atoms with Crippen molar-refractivity contribution in [1.29, 1.82) is 0 Å². The first-order valence-electron chi connectivity index (χ1n) is 8.60. The zero-order valence-corrected chi connectivity index (χ0v) is 15.1. The molecule has 132 valence electrons. The van der Waals surface area contributed by atoms with Gasteiger partial charge in [-0.15, -0.1) is 0 Å². The molecule has 2 rings (SSSR count). The quantitative estimate of drug-likeness (QED) is 0.890. The molecule has 0 saturated carbocycles. The summed E-state index contributed by atoms with van der Waals surface area (Å²) in [5.74, 6) is -0.0445. The number of amides is 2. The molecular weight excluding hydrogens is 302 g/mol. The van der Waals surface area contributed by atoms with E-state index in [9.17, 15) is 9.59 Å². The van der Waals surface area contributed by atoms with Crippen molar-refractivity contribution in [1.82, 2.24) is 10.2 Å². The second-order valence-electron chi connectivity index (χ2n) is 7.78. The number of piperidine rings is 1. The Kier molecular flexibility index (Phi) is 5.65. The molecule has 0 aliphatic carbocycles. The second-order valence-corrected chi connectivity index (χ2v) is 7.78. The van der Waals surface area contributed by atoms with Crippen molar-refractivity contribution in [2.75, 3.05) is 13.1 Å². The van der Waals surface area contributed by atoms with Crippen LogP contribution < -0.4 is 11.1 Å². The normalized spacial score (nSPS) is 17.5. The fraction of sp³-hybridized carbons (Fsp3) is 0.579. The number of nitrogens with one attached hydrogen (secondary N) is 1. The lowest BCUT2D eigenvalue weighted by Crippen LogP contribution is -2.54. The molecule has 0 spiro atoms. The van der Waals surface area contributed by atoms with Gasteiger partial charge in [0.25, 0.3) is 5.91 Å². The highest BCUT2D eigenvalue weighted by Gasteiger charge is 2.30. The second kappa shape index (κ2) is 7.34. The molecule has 1 fully saturated rings. The Labute approximate surface area is 144 Å². The van der Waals surface area contributed by atoms with Crippen LogP contribution in [0.1, 0.15) is 49.5 Å². The molecule has 3 N–H and O–H groups in total. The summed E-state index contributed by atoms with van der Waals surface area (Å²) < 4.78 is 0. The number of hydrogen-bond donors (Lipinski definition) is 2. The van der Waals surface area contributed by atoms with Gasteiger partial charge in [0.2, 0.25) is 5.91 Å². The Morgan fingerprint density at radius 2 is 1.71 bits per heavy atom. The van der Waals surface area contributed by atoms with Crippen molar-refractivity contribution >= 4 is 11.8 Å². The average molecular weight is 331 g/mol. The van der Waals surface area contributed by atoms with Gasteiger partial charge in [0.1, 0.15) is 0 Å². The zero-order valence-electron chi connectivity index (χ0n) is 15.1. The van der Waals surface area contributed by atoms with Gasteiger partial charge >= 0.3 is 0 Å². The highest BCUT2D eigenvalue weighted by molar-refractivity contribution is 5.94. The highest BCUT2D eigenvalue weighted by Crippen LogP contribution is 2.19. The van der Waals surface area contributed by atoms with E-state index in [1.165, 1.54) is 0 Å². The van der Waals surface area contributed by atoms with E-state index in [1.54, 1.807) is 0 Å². The van der Waals surface area contributed by atoms with Gasteiger partial charge in [-0.3, -0.25) is 9.59 Å². The number of aryl methyl sites for hydroxylation is 1. The fourth-order valence-corrected chi connectivity index (χ4v) is 2.79.